The average Bonchev–Trinajstić information content (AvgIpc) is 2.37. The van der Waals surface area contributed by atoms with E-state index in [1.807, 2.05) is 25.1 Å². The summed E-state index contributed by atoms with van der Waals surface area (Å²) < 4.78 is 0.993. The Morgan fingerprint density at radius 3 is 2.74 bits per heavy atom. The van der Waals surface area contributed by atoms with Crippen LogP contribution in [0.2, 0.25) is 5.02 Å². The predicted molar refractivity (Wildman–Crippen MR) is 82.7 cm³/mol. The van der Waals surface area contributed by atoms with E-state index in [4.69, 9.17) is 17.3 Å². The van der Waals surface area contributed by atoms with E-state index in [9.17, 15) is 4.79 Å². The monoisotopic (exact) mass is 338 g/mol. The minimum Gasteiger partial charge on any atom is -0.398 e. The van der Waals surface area contributed by atoms with Gasteiger partial charge in [-0.2, -0.15) is 0 Å². The van der Waals surface area contributed by atoms with Gasteiger partial charge in [0.25, 0.3) is 5.91 Å². The lowest BCUT2D eigenvalue weighted by Crippen LogP contribution is -2.13. The third kappa shape index (κ3) is 3.08. The van der Waals surface area contributed by atoms with Gasteiger partial charge >= 0.3 is 0 Å². The van der Waals surface area contributed by atoms with Crippen molar-refractivity contribution in [2.45, 2.75) is 6.92 Å². The number of anilines is 2. The molecule has 0 unspecified atom stereocenters. The highest BCUT2D eigenvalue weighted by atomic mass is 79.9. The minimum atomic E-state index is -0.279. The molecule has 2 aromatic carbocycles. The molecule has 0 aliphatic carbocycles. The van der Waals surface area contributed by atoms with Gasteiger partial charge in [0.05, 0.1) is 16.3 Å². The molecule has 0 saturated heterocycles. The fraction of sp³-hybridized carbons (Fsp3) is 0.0714. The van der Waals surface area contributed by atoms with Crippen LogP contribution in [0.15, 0.2) is 40.9 Å². The molecule has 0 atom stereocenters. The largest absolute Gasteiger partial charge is 0.398 e. The predicted octanol–water partition coefficient (Wildman–Crippen LogP) is 4.25. The highest BCUT2D eigenvalue weighted by Gasteiger charge is 2.12. The smallest absolute Gasteiger partial charge is 0.257 e. The molecule has 2 aromatic rings. The van der Waals surface area contributed by atoms with E-state index in [1.165, 1.54) is 0 Å². The van der Waals surface area contributed by atoms with Gasteiger partial charge in [0, 0.05) is 10.2 Å². The average molecular weight is 340 g/mol. The number of rotatable bonds is 2. The van der Waals surface area contributed by atoms with Crippen LogP contribution in [0, 0.1) is 6.92 Å². The molecule has 3 nitrogen and oxygen atoms in total. The van der Waals surface area contributed by atoms with E-state index in [-0.39, 0.29) is 10.9 Å². The summed E-state index contributed by atoms with van der Waals surface area (Å²) >= 11 is 9.43. The number of hydrogen-bond donors (Lipinski definition) is 2. The summed E-state index contributed by atoms with van der Waals surface area (Å²) in [6, 6.07) is 10.6. The van der Waals surface area contributed by atoms with E-state index < -0.39 is 0 Å². The topological polar surface area (TPSA) is 55.1 Å². The van der Waals surface area contributed by atoms with Crippen molar-refractivity contribution in [1.82, 2.24) is 0 Å². The first-order valence-electron chi connectivity index (χ1n) is 5.60. The lowest BCUT2D eigenvalue weighted by molar-refractivity contribution is 0.102. The maximum absolute atomic E-state index is 12.1. The van der Waals surface area contributed by atoms with Gasteiger partial charge in [-0.05, 0) is 42.8 Å². The first-order chi connectivity index (χ1) is 8.99. The molecule has 0 aromatic heterocycles. The van der Waals surface area contributed by atoms with Crippen LogP contribution in [-0.2, 0) is 0 Å². The zero-order chi connectivity index (χ0) is 14.0. The second-order valence-corrected chi connectivity index (χ2v) is 5.36. The van der Waals surface area contributed by atoms with Crippen molar-refractivity contribution in [2.75, 3.05) is 11.1 Å². The Labute approximate surface area is 124 Å². The van der Waals surface area contributed by atoms with Gasteiger partial charge in [-0.3, -0.25) is 4.79 Å². The standard InChI is InChI=1S/C14H12BrClN2O/c1-8-7-9(5-6-11(8)15)18-14(19)10-3-2-4-12(17)13(10)16/h2-7H,17H2,1H3,(H,18,19). The maximum Gasteiger partial charge on any atom is 0.257 e. The zero-order valence-corrected chi connectivity index (χ0v) is 12.5. The number of benzene rings is 2. The number of nitrogens with one attached hydrogen (secondary N) is 1. The van der Waals surface area contributed by atoms with Crippen molar-refractivity contribution in [3.63, 3.8) is 0 Å². The van der Waals surface area contributed by atoms with Crippen molar-refractivity contribution < 1.29 is 4.79 Å². The van der Waals surface area contributed by atoms with Gasteiger partial charge in [-0.1, -0.05) is 33.6 Å². The molecule has 0 bridgehead atoms. The fourth-order valence-electron chi connectivity index (χ4n) is 1.65. The molecule has 0 aliphatic rings. The van der Waals surface area contributed by atoms with E-state index in [0.717, 1.165) is 10.0 Å². The molecule has 3 N–H and O–H groups in total. The van der Waals surface area contributed by atoms with E-state index in [1.54, 1.807) is 18.2 Å². The molecular formula is C14H12BrClN2O. The van der Waals surface area contributed by atoms with Crippen LogP contribution >= 0.6 is 27.5 Å². The van der Waals surface area contributed by atoms with Crippen LogP contribution < -0.4 is 11.1 Å². The highest BCUT2D eigenvalue weighted by molar-refractivity contribution is 9.10. The molecule has 98 valence electrons. The van der Waals surface area contributed by atoms with Gasteiger partial charge < -0.3 is 11.1 Å². The maximum atomic E-state index is 12.1. The number of nitrogen functional groups attached to an aromatic ring is 1. The van der Waals surface area contributed by atoms with Crippen LogP contribution in [0.4, 0.5) is 11.4 Å². The van der Waals surface area contributed by atoms with Crippen molar-refractivity contribution in [3.8, 4) is 0 Å². The third-order valence-electron chi connectivity index (χ3n) is 2.69. The van der Waals surface area contributed by atoms with Crippen LogP contribution in [0.1, 0.15) is 15.9 Å². The van der Waals surface area contributed by atoms with Gasteiger partial charge in [0.1, 0.15) is 0 Å². The Hall–Kier alpha value is -1.52. The summed E-state index contributed by atoms with van der Waals surface area (Å²) in [6.07, 6.45) is 0. The molecule has 0 heterocycles. The second kappa shape index (κ2) is 5.63. The van der Waals surface area contributed by atoms with Gasteiger partial charge in [0.15, 0.2) is 0 Å². The number of nitrogens with two attached hydrogens (primary N) is 1. The summed E-state index contributed by atoms with van der Waals surface area (Å²) in [6.45, 7) is 1.95. The minimum absolute atomic E-state index is 0.272. The number of aryl methyl sites for hydroxylation is 1. The van der Waals surface area contributed by atoms with Gasteiger partial charge in [0.2, 0.25) is 0 Å². The molecule has 0 spiro atoms. The summed E-state index contributed by atoms with van der Waals surface area (Å²) in [4.78, 5) is 12.1. The molecule has 0 saturated carbocycles. The lowest BCUT2D eigenvalue weighted by atomic mass is 10.1. The van der Waals surface area contributed by atoms with Crippen LogP contribution in [0.3, 0.4) is 0 Å². The number of carbonyl (C=O) groups excluding carboxylic acids is 1. The molecule has 1 amide bonds. The number of carbonyl (C=O) groups is 1. The SMILES string of the molecule is Cc1cc(NC(=O)c2cccc(N)c2Cl)ccc1Br. The third-order valence-corrected chi connectivity index (χ3v) is 4.00. The molecule has 2 rings (SSSR count). The molecular weight excluding hydrogens is 328 g/mol. The molecule has 0 radical (unpaired) electrons. The Kier molecular flexibility index (Phi) is 4.12. The Balaban J connectivity index is 2.26. The molecule has 19 heavy (non-hydrogen) atoms. The van der Waals surface area contributed by atoms with Crippen LogP contribution in [0.25, 0.3) is 0 Å². The number of amides is 1. The quantitative estimate of drug-likeness (QED) is 0.804. The summed E-state index contributed by atoms with van der Waals surface area (Å²) in [5.41, 5.74) is 8.18. The van der Waals surface area contributed by atoms with Crippen molar-refractivity contribution >= 4 is 44.8 Å². The zero-order valence-electron chi connectivity index (χ0n) is 10.2. The molecule has 0 fully saturated rings. The van der Waals surface area contributed by atoms with Crippen LogP contribution in [-0.4, -0.2) is 5.91 Å². The second-order valence-electron chi connectivity index (χ2n) is 4.13. The van der Waals surface area contributed by atoms with E-state index >= 15 is 0 Å². The Morgan fingerprint density at radius 1 is 1.32 bits per heavy atom. The summed E-state index contributed by atoms with van der Waals surface area (Å²) in [5, 5.41) is 3.07. The Bertz CT molecular complexity index is 643. The van der Waals surface area contributed by atoms with Crippen molar-refractivity contribution in [2.24, 2.45) is 0 Å². The van der Waals surface area contributed by atoms with Crippen molar-refractivity contribution in [3.05, 3.63) is 57.0 Å². The first-order valence-corrected chi connectivity index (χ1v) is 6.77. The summed E-state index contributed by atoms with van der Waals surface area (Å²) in [7, 11) is 0. The van der Waals surface area contributed by atoms with Gasteiger partial charge in [-0.25, -0.2) is 0 Å². The first kappa shape index (κ1) is 13.9. The van der Waals surface area contributed by atoms with E-state index in [0.29, 0.717) is 16.9 Å². The Morgan fingerprint density at radius 2 is 2.05 bits per heavy atom. The van der Waals surface area contributed by atoms with Crippen LogP contribution in [0.5, 0.6) is 0 Å². The number of hydrogen-bond acceptors (Lipinski definition) is 2. The summed E-state index contributed by atoms with van der Waals surface area (Å²) in [5.74, 6) is -0.279. The van der Waals surface area contributed by atoms with Gasteiger partial charge in [-0.15, -0.1) is 0 Å². The highest BCUT2D eigenvalue weighted by Crippen LogP contribution is 2.25. The van der Waals surface area contributed by atoms with E-state index in [2.05, 4.69) is 21.2 Å². The molecule has 5 heteroatoms. The van der Waals surface area contributed by atoms with Crippen molar-refractivity contribution in [1.29, 1.82) is 0 Å². The molecule has 0 aliphatic heterocycles. The number of halogens is 2. The lowest BCUT2D eigenvalue weighted by Gasteiger charge is -2.09. The normalized spacial score (nSPS) is 10.3. The fourth-order valence-corrected chi connectivity index (χ4v) is 2.10.